The highest BCUT2D eigenvalue weighted by Gasteiger charge is 2.39. The maximum atomic E-state index is 6.35. The lowest BCUT2D eigenvalue weighted by Crippen LogP contribution is -2.34. The quantitative estimate of drug-likeness (QED) is 0.672. The van der Waals surface area contributed by atoms with Gasteiger partial charge in [-0.25, -0.2) is 0 Å². The molecule has 0 amide bonds. The predicted molar refractivity (Wildman–Crippen MR) is 92.3 cm³/mol. The minimum Gasteiger partial charge on any atom is -0.342 e. The van der Waals surface area contributed by atoms with Crippen LogP contribution in [0.2, 0.25) is 0 Å². The lowest BCUT2D eigenvalue weighted by Gasteiger charge is -2.34. The Bertz CT molecular complexity index is 782. The first-order chi connectivity index (χ1) is 11.4. The summed E-state index contributed by atoms with van der Waals surface area (Å²) in [6.45, 7) is 1.41. The van der Waals surface area contributed by atoms with Crippen LogP contribution in [0.25, 0.3) is 10.8 Å². The zero-order valence-electron chi connectivity index (χ0n) is 13.1. The van der Waals surface area contributed by atoms with Gasteiger partial charge in [-0.15, -0.1) is 0 Å². The Morgan fingerprint density at radius 1 is 0.652 bits per heavy atom. The molecule has 0 atom stereocenters. The average molecular weight is 304 g/mol. The molecule has 23 heavy (non-hydrogen) atoms. The molecule has 0 radical (unpaired) electrons. The zero-order chi connectivity index (χ0) is 15.5. The first kappa shape index (κ1) is 14.4. The van der Waals surface area contributed by atoms with Gasteiger partial charge in [0.1, 0.15) is 0 Å². The molecule has 1 fully saturated rings. The van der Waals surface area contributed by atoms with Gasteiger partial charge in [-0.1, -0.05) is 72.8 Å². The summed E-state index contributed by atoms with van der Waals surface area (Å²) in [5, 5.41) is 2.39. The zero-order valence-corrected chi connectivity index (χ0v) is 13.1. The maximum Gasteiger partial charge on any atom is 0.222 e. The van der Waals surface area contributed by atoms with Crippen LogP contribution in [0.15, 0.2) is 72.8 Å². The highest BCUT2D eigenvalue weighted by molar-refractivity contribution is 5.86. The Morgan fingerprint density at radius 3 is 2.09 bits per heavy atom. The van der Waals surface area contributed by atoms with Crippen molar-refractivity contribution >= 4 is 10.8 Å². The van der Waals surface area contributed by atoms with E-state index in [-0.39, 0.29) is 0 Å². The van der Waals surface area contributed by atoms with Crippen LogP contribution < -0.4 is 0 Å². The molecule has 3 aromatic carbocycles. The summed E-state index contributed by atoms with van der Waals surface area (Å²) in [6, 6.07) is 25.0. The molecule has 1 aliphatic heterocycles. The van der Waals surface area contributed by atoms with E-state index >= 15 is 0 Å². The molecule has 0 saturated carbocycles. The molecular weight excluding hydrogens is 284 g/mol. The summed E-state index contributed by atoms with van der Waals surface area (Å²) in [5.74, 6) is -0.821. The minimum absolute atomic E-state index is 0.706. The normalized spacial score (nSPS) is 17.7. The van der Waals surface area contributed by atoms with Crippen LogP contribution in [0, 0.1) is 0 Å². The van der Waals surface area contributed by atoms with E-state index in [0.717, 1.165) is 24.0 Å². The molecule has 1 aliphatic rings. The monoisotopic (exact) mass is 304 g/mol. The van der Waals surface area contributed by atoms with E-state index < -0.39 is 5.79 Å². The van der Waals surface area contributed by atoms with E-state index in [1.165, 1.54) is 10.8 Å². The molecule has 0 aliphatic carbocycles. The number of rotatable bonds is 2. The predicted octanol–water partition coefficient (Wildman–Crippen LogP) is 4.87. The second-order valence-electron chi connectivity index (χ2n) is 5.91. The van der Waals surface area contributed by atoms with E-state index in [4.69, 9.17) is 9.47 Å². The van der Waals surface area contributed by atoms with Gasteiger partial charge in [0.05, 0.1) is 13.2 Å². The lowest BCUT2D eigenvalue weighted by molar-refractivity contribution is -0.203. The molecule has 2 heteroatoms. The Hall–Kier alpha value is -2.16. The van der Waals surface area contributed by atoms with Gasteiger partial charge in [0, 0.05) is 11.1 Å². The van der Waals surface area contributed by atoms with Gasteiger partial charge < -0.3 is 9.47 Å². The van der Waals surface area contributed by atoms with Crippen molar-refractivity contribution in [3.05, 3.63) is 83.9 Å². The topological polar surface area (TPSA) is 18.5 Å². The second kappa shape index (κ2) is 6.15. The van der Waals surface area contributed by atoms with E-state index in [2.05, 4.69) is 54.6 Å². The Labute approximate surface area is 136 Å². The molecule has 4 rings (SSSR count). The Morgan fingerprint density at radius 2 is 1.30 bits per heavy atom. The third-order valence-electron chi connectivity index (χ3n) is 4.45. The average Bonchev–Trinajstić information content (AvgIpc) is 2.89. The molecule has 2 nitrogen and oxygen atoms in total. The number of hydrogen-bond acceptors (Lipinski definition) is 2. The second-order valence-corrected chi connectivity index (χ2v) is 5.91. The van der Waals surface area contributed by atoms with Crippen LogP contribution in [0.1, 0.15) is 24.0 Å². The van der Waals surface area contributed by atoms with Crippen molar-refractivity contribution in [2.75, 3.05) is 13.2 Å². The maximum absolute atomic E-state index is 6.35. The smallest absolute Gasteiger partial charge is 0.222 e. The van der Waals surface area contributed by atoms with Crippen LogP contribution in [-0.4, -0.2) is 13.2 Å². The number of fused-ring (bicyclic) bond motifs is 1. The van der Waals surface area contributed by atoms with Gasteiger partial charge in [-0.05, 0) is 23.6 Å². The van der Waals surface area contributed by atoms with Gasteiger partial charge in [0.15, 0.2) is 0 Å². The molecule has 3 aromatic rings. The van der Waals surface area contributed by atoms with Crippen molar-refractivity contribution < 1.29 is 9.47 Å². The third-order valence-corrected chi connectivity index (χ3v) is 4.45. The molecule has 0 N–H and O–H groups in total. The number of ether oxygens (including phenoxy) is 2. The fraction of sp³-hybridized carbons (Fsp3) is 0.238. The molecule has 0 spiro atoms. The molecule has 0 unspecified atom stereocenters. The molecule has 0 aromatic heterocycles. The summed E-state index contributed by atoms with van der Waals surface area (Å²) >= 11 is 0. The summed E-state index contributed by atoms with van der Waals surface area (Å²) in [7, 11) is 0. The fourth-order valence-corrected chi connectivity index (χ4v) is 3.33. The summed E-state index contributed by atoms with van der Waals surface area (Å²) < 4.78 is 12.7. The fourth-order valence-electron chi connectivity index (χ4n) is 3.33. The van der Waals surface area contributed by atoms with Crippen molar-refractivity contribution in [3.63, 3.8) is 0 Å². The summed E-state index contributed by atoms with van der Waals surface area (Å²) in [4.78, 5) is 0. The van der Waals surface area contributed by atoms with Crippen molar-refractivity contribution in [2.24, 2.45) is 0 Å². The van der Waals surface area contributed by atoms with Gasteiger partial charge in [-0.3, -0.25) is 0 Å². The van der Waals surface area contributed by atoms with Gasteiger partial charge >= 0.3 is 0 Å². The van der Waals surface area contributed by atoms with Gasteiger partial charge in [-0.2, -0.15) is 0 Å². The van der Waals surface area contributed by atoms with Crippen LogP contribution in [0.4, 0.5) is 0 Å². The van der Waals surface area contributed by atoms with Crippen molar-refractivity contribution in [1.82, 2.24) is 0 Å². The standard InChI is InChI=1S/C21H20O2/c1-2-11-18(12-3-1)21(22-15-6-7-16-23-21)20-14-8-10-17-9-4-5-13-19(17)20/h1-5,8-14H,6-7,15-16H2. The SMILES string of the molecule is c1ccc(C2(c3cccc4ccccc34)OCCCCO2)cc1. The largest absolute Gasteiger partial charge is 0.342 e. The molecule has 116 valence electrons. The minimum atomic E-state index is -0.821. The first-order valence-electron chi connectivity index (χ1n) is 8.22. The van der Waals surface area contributed by atoms with Crippen molar-refractivity contribution in [3.8, 4) is 0 Å². The Balaban J connectivity index is 1.97. The first-order valence-corrected chi connectivity index (χ1v) is 8.22. The van der Waals surface area contributed by atoms with Crippen LogP contribution in [0.3, 0.4) is 0 Å². The molecule has 1 saturated heterocycles. The van der Waals surface area contributed by atoms with Gasteiger partial charge in [0.25, 0.3) is 0 Å². The summed E-state index contributed by atoms with van der Waals surface area (Å²) in [6.07, 6.45) is 2.05. The molecule has 0 bridgehead atoms. The van der Waals surface area contributed by atoms with Crippen LogP contribution in [-0.2, 0) is 15.3 Å². The van der Waals surface area contributed by atoms with E-state index in [1.807, 2.05) is 18.2 Å². The van der Waals surface area contributed by atoms with E-state index in [9.17, 15) is 0 Å². The van der Waals surface area contributed by atoms with Crippen molar-refractivity contribution in [2.45, 2.75) is 18.6 Å². The highest BCUT2D eigenvalue weighted by Crippen LogP contribution is 2.40. The number of benzene rings is 3. The van der Waals surface area contributed by atoms with Crippen LogP contribution in [0.5, 0.6) is 0 Å². The highest BCUT2D eigenvalue weighted by atomic mass is 16.7. The van der Waals surface area contributed by atoms with Crippen LogP contribution >= 0.6 is 0 Å². The van der Waals surface area contributed by atoms with E-state index in [0.29, 0.717) is 13.2 Å². The van der Waals surface area contributed by atoms with Gasteiger partial charge in [0.2, 0.25) is 5.79 Å². The van der Waals surface area contributed by atoms with Crippen molar-refractivity contribution in [1.29, 1.82) is 0 Å². The number of hydrogen-bond donors (Lipinski definition) is 0. The third kappa shape index (κ3) is 2.54. The molecule has 1 heterocycles. The lowest BCUT2D eigenvalue weighted by atomic mass is 9.92. The van der Waals surface area contributed by atoms with E-state index in [1.54, 1.807) is 0 Å². The molecular formula is C21H20O2. The summed E-state index contributed by atoms with van der Waals surface area (Å²) in [5.41, 5.74) is 2.14. The Kier molecular flexibility index (Phi) is 3.86.